The monoisotopic (exact) mass is 586 g/mol. The Hall–Kier alpha value is -4.37. The minimum absolute atomic E-state index is 0.0679. The fourth-order valence-corrected chi connectivity index (χ4v) is 6.25. The molecule has 1 heterocycles. The summed E-state index contributed by atoms with van der Waals surface area (Å²) >= 11 is 1.74. The molecule has 42 heavy (non-hydrogen) atoms. The van der Waals surface area contributed by atoms with E-state index in [1.807, 2.05) is 36.4 Å². The number of hydrogen-bond acceptors (Lipinski definition) is 8. The SMILES string of the molecule is CCOC(=O)C1=C(C)NC(CCC(Sc2ccccc2)c2ccccc2)=C(C(=O)OCC)C1c1cccc([N+](=O)[O-])c1. The molecule has 3 aromatic carbocycles. The van der Waals surface area contributed by atoms with Crippen molar-refractivity contribution >= 4 is 29.4 Å². The Morgan fingerprint density at radius 3 is 2.14 bits per heavy atom. The average molecular weight is 587 g/mol. The molecule has 3 aromatic rings. The Morgan fingerprint density at radius 2 is 1.52 bits per heavy atom. The van der Waals surface area contributed by atoms with E-state index in [2.05, 4.69) is 29.6 Å². The number of carbonyl (C=O) groups excluding carboxylic acids is 2. The van der Waals surface area contributed by atoms with Crippen molar-refractivity contribution in [3.05, 3.63) is 129 Å². The van der Waals surface area contributed by atoms with Gasteiger partial charge in [-0.25, -0.2) is 9.59 Å². The molecule has 0 bridgehead atoms. The number of thioether (sulfide) groups is 1. The second-order valence-corrected chi connectivity index (χ2v) is 10.9. The van der Waals surface area contributed by atoms with Gasteiger partial charge >= 0.3 is 11.9 Å². The van der Waals surface area contributed by atoms with Crippen LogP contribution in [0.5, 0.6) is 0 Å². The van der Waals surface area contributed by atoms with E-state index in [0.29, 0.717) is 29.8 Å². The standard InChI is InChI=1S/C33H34N2O6S/c1-4-40-32(36)29-22(3)34-27(19-20-28(23-13-8-6-9-14-23)42-26-17-10-7-11-18-26)31(33(37)41-5-2)30(29)24-15-12-16-25(21-24)35(38)39/h6-18,21,28,30,34H,4-5,19-20H2,1-3H3. The number of benzene rings is 3. The van der Waals surface area contributed by atoms with Crippen molar-refractivity contribution in [1.29, 1.82) is 0 Å². The first-order chi connectivity index (χ1) is 20.3. The highest BCUT2D eigenvalue weighted by Gasteiger charge is 2.39. The molecular weight excluding hydrogens is 552 g/mol. The average Bonchev–Trinajstić information content (AvgIpc) is 3.00. The molecule has 2 unspecified atom stereocenters. The van der Waals surface area contributed by atoms with Crippen LogP contribution in [0.15, 0.2) is 112 Å². The lowest BCUT2D eigenvalue weighted by Gasteiger charge is -2.32. The number of nitro groups is 1. The molecule has 0 spiro atoms. The van der Waals surface area contributed by atoms with E-state index in [1.165, 1.54) is 12.1 Å². The number of hydrogen-bond donors (Lipinski definition) is 1. The summed E-state index contributed by atoms with van der Waals surface area (Å²) in [4.78, 5) is 39.2. The molecule has 1 aliphatic heterocycles. The topological polar surface area (TPSA) is 108 Å². The van der Waals surface area contributed by atoms with Crippen LogP contribution in [0.2, 0.25) is 0 Å². The van der Waals surface area contributed by atoms with Crippen LogP contribution in [0, 0.1) is 10.1 Å². The van der Waals surface area contributed by atoms with E-state index < -0.39 is 22.8 Å². The van der Waals surface area contributed by atoms with Crippen molar-refractivity contribution in [1.82, 2.24) is 5.32 Å². The number of esters is 2. The number of carbonyl (C=O) groups is 2. The lowest BCUT2D eigenvalue weighted by Crippen LogP contribution is -2.33. The fourth-order valence-electron chi connectivity index (χ4n) is 5.07. The summed E-state index contributed by atoms with van der Waals surface area (Å²) in [7, 11) is 0. The zero-order chi connectivity index (χ0) is 30.1. The van der Waals surface area contributed by atoms with Gasteiger partial charge in [0, 0.05) is 33.7 Å². The van der Waals surface area contributed by atoms with Crippen molar-refractivity contribution in [2.75, 3.05) is 13.2 Å². The van der Waals surface area contributed by atoms with E-state index in [-0.39, 0.29) is 35.3 Å². The molecule has 0 amide bonds. The van der Waals surface area contributed by atoms with Gasteiger partial charge in [-0.05, 0) is 56.9 Å². The van der Waals surface area contributed by atoms with Gasteiger partial charge in [0.2, 0.25) is 0 Å². The van der Waals surface area contributed by atoms with E-state index in [0.717, 1.165) is 10.5 Å². The molecule has 1 N–H and O–H groups in total. The first-order valence-corrected chi connectivity index (χ1v) is 14.8. The lowest BCUT2D eigenvalue weighted by molar-refractivity contribution is -0.384. The summed E-state index contributed by atoms with van der Waals surface area (Å²) in [5.74, 6) is -2.09. The van der Waals surface area contributed by atoms with Gasteiger partial charge in [0.25, 0.3) is 5.69 Å². The molecule has 9 heteroatoms. The second kappa shape index (κ2) is 14.5. The summed E-state index contributed by atoms with van der Waals surface area (Å²) < 4.78 is 10.9. The van der Waals surface area contributed by atoms with Crippen molar-refractivity contribution in [2.45, 2.75) is 49.7 Å². The third kappa shape index (κ3) is 7.28. The van der Waals surface area contributed by atoms with Crippen LogP contribution in [0.25, 0.3) is 0 Å². The minimum atomic E-state index is -0.906. The van der Waals surface area contributed by atoms with Crippen LogP contribution in [0.3, 0.4) is 0 Å². The third-order valence-electron chi connectivity index (χ3n) is 6.90. The van der Waals surface area contributed by atoms with Gasteiger partial charge in [0.05, 0.1) is 35.2 Å². The highest BCUT2D eigenvalue weighted by Crippen LogP contribution is 2.44. The molecule has 1 aliphatic rings. The van der Waals surface area contributed by atoms with Gasteiger partial charge in [-0.1, -0.05) is 60.7 Å². The largest absolute Gasteiger partial charge is 0.463 e. The molecule has 2 atom stereocenters. The van der Waals surface area contributed by atoms with Gasteiger partial charge in [-0.3, -0.25) is 10.1 Å². The molecule has 218 valence electrons. The van der Waals surface area contributed by atoms with Crippen molar-refractivity contribution < 1.29 is 24.0 Å². The summed E-state index contributed by atoms with van der Waals surface area (Å²) in [6.45, 7) is 5.44. The van der Waals surface area contributed by atoms with Crippen LogP contribution < -0.4 is 5.32 Å². The van der Waals surface area contributed by atoms with Crippen LogP contribution >= 0.6 is 11.8 Å². The number of nitrogens with one attached hydrogen (secondary N) is 1. The fraction of sp³-hybridized carbons (Fsp3) is 0.273. The van der Waals surface area contributed by atoms with Crippen LogP contribution in [0.4, 0.5) is 5.69 Å². The maximum absolute atomic E-state index is 13.6. The van der Waals surface area contributed by atoms with Gasteiger partial charge < -0.3 is 14.8 Å². The van der Waals surface area contributed by atoms with Crippen molar-refractivity contribution in [3.8, 4) is 0 Å². The zero-order valence-electron chi connectivity index (χ0n) is 23.9. The normalized spacial score (nSPS) is 15.5. The number of dihydropyridines is 1. The predicted octanol–water partition coefficient (Wildman–Crippen LogP) is 7.25. The zero-order valence-corrected chi connectivity index (χ0v) is 24.7. The number of rotatable bonds is 12. The quantitative estimate of drug-likeness (QED) is 0.102. The molecule has 0 saturated carbocycles. The summed E-state index contributed by atoms with van der Waals surface area (Å²) in [6, 6.07) is 26.3. The van der Waals surface area contributed by atoms with Gasteiger partial charge in [0.1, 0.15) is 0 Å². The second-order valence-electron chi connectivity index (χ2n) is 9.65. The highest BCUT2D eigenvalue weighted by molar-refractivity contribution is 7.99. The minimum Gasteiger partial charge on any atom is -0.463 e. The highest BCUT2D eigenvalue weighted by atomic mass is 32.2. The van der Waals surface area contributed by atoms with Crippen LogP contribution in [-0.4, -0.2) is 30.1 Å². The number of non-ortho nitro benzene ring substituents is 1. The molecule has 8 nitrogen and oxygen atoms in total. The molecule has 0 aliphatic carbocycles. The summed E-state index contributed by atoms with van der Waals surface area (Å²) in [5, 5.41) is 15.0. The van der Waals surface area contributed by atoms with E-state index >= 15 is 0 Å². The van der Waals surface area contributed by atoms with Crippen molar-refractivity contribution in [2.24, 2.45) is 0 Å². The smallest absolute Gasteiger partial charge is 0.336 e. The van der Waals surface area contributed by atoms with Crippen molar-refractivity contribution in [3.63, 3.8) is 0 Å². The third-order valence-corrected chi connectivity index (χ3v) is 8.24. The Labute approximate surface area is 250 Å². The number of ether oxygens (including phenoxy) is 2. The van der Waals surface area contributed by atoms with E-state index in [9.17, 15) is 19.7 Å². The predicted molar refractivity (Wildman–Crippen MR) is 163 cm³/mol. The first kappa shape index (κ1) is 30.6. The Bertz CT molecular complexity index is 1490. The molecular formula is C33H34N2O6S. The Balaban J connectivity index is 1.80. The molecule has 0 saturated heterocycles. The number of allylic oxidation sites excluding steroid dienone is 2. The molecule has 4 rings (SSSR count). The first-order valence-electron chi connectivity index (χ1n) is 13.9. The molecule has 0 aromatic heterocycles. The van der Waals surface area contributed by atoms with Crippen LogP contribution in [-0.2, 0) is 19.1 Å². The van der Waals surface area contributed by atoms with Gasteiger partial charge in [-0.15, -0.1) is 11.8 Å². The summed E-state index contributed by atoms with van der Waals surface area (Å²) in [6.07, 6.45) is 1.13. The molecule has 0 radical (unpaired) electrons. The lowest BCUT2D eigenvalue weighted by atomic mass is 9.79. The van der Waals surface area contributed by atoms with Gasteiger partial charge in [0.15, 0.2) is 0 Å². The maximum atomic E-state index is 13.6. The Kier molecular flexibility index (Phi) is 10.6. The number of nitro benzene ring substituents is 1. The van der Waals surface area contributed by atoms with Crippen LogP contribution in [0.1, 0.15) is 55.9 Å². The van der Waals surface area contributed by atoms with E-state index in [1.54, 1.807) is 44.7 Å². The summed E-state index contributed by atoms with van der Waals surface area (Å²) in [5.41, 5.74) is 3.07. The van der Waals surface area contributed by atoms with E-state index in [4.69, 9.17) is 9.47 Å². The Morgan fingerprint density at radius 1 is 0.905 bits per heavy atom. The number of nitrogens with zero attached hydrogens (tertiary/aromatic N) is 1. The van der Waals surface area contributed by atoms with Gasteiger partial charge in [-0.2, -0.15) is 0 Å². The molecule has 0 fully saturated rings. The maximum Gasteiger partial charge on any atom is 0.336 e.